The molecule has 4 nitrogen and oxygen atoms in total. The van der Waals surface area contributed by atoms with Gasteiger partial charge in [0.1, 0.15) is 0 Å². The Balaban J connectivity index is 1.74. The molecule has 2 fully saturated rings. The first kappa shape index (κ1) is 12.7. The van der Waals surface area contributed by atoms with E-state index in [2.05, 4.69) is 10.2 Å². The van der Waals surface area contributed by atoms with Gasteiger partial charge >= 0.3 is 6.18 Å². The van der Waals surface area contributed by atoms with E-state index in [0.29, 0.717) is 17.7 Å². The molecule has 1 aromatic heterocycles. The standard InChI is InChI=1S/C12H15F3N4/c13-12(14,15)10-3-4-11(18-17-10)19-5-7-1-2-9(16)8(7)6-19/h3-4,7-9H,1-2,5-6,16H2. The third-order valence-corrected chi connectivity index (χ3v) is 4.18. The van der Waals surface area contributed by atoms with E-state index in [1.54, 1.807) is 0 Å². The molecule has 0 spiro atoms. The minimum Gasteiger partial charge on any atom is -0.354 e. The molecule has 104 valence electrons. The molecule has 2 heterocycles. The van der Waals surface area contributed by atoms with Crippen molar-refractivity contribution in [3.05, 3.63) is 17.8 Å². The third-order valence-electron chi connectivity index (χ3n) is 4.18. The van der Waals surface area contributed by atoms with Crippen LogP contribution in [0.1, 0.15) is 18.5 Å². The van der Waals surface area contributed by atoms with Crippen molar-refractivity contribution in [3.8, 4) is 0 Å². The summed E-state index contributed by atoms with van der Waals surface area (Å²) in [5, 5.41) is 6.95. The zero-order chi connectivity index (χ0) is 13.6. The van der Waals surface area contributed by atoms with Gasteiger partial charge in [-0.2, -0.15) is 13.2 Å². The van der Waals surface area contributed by atoms with E-state index in [9.17, 15) is 13.2 Å². The van der Waals surface area contributed by atoms with Crippen LogP contribution in [0.4, 0.5) is 19.0 Å². The zero-order valence-electron chi connectivity index (χ0n) is 10.3. The summed E-state index contributed by atoms with van der Waals surface area (Å²) in [6.45, 7) is 1.59. The molecule has 7 heteroatoms. The van der Waals surface area contributed by atoms with Gasteiger partial charge in [-0.25, -0.2) is 0 Å². The van der Waals surface area contributed by atoms with Crippen molar-refractivity contribution in [2.75, 3.05) is 18.0 Å². The molecule has 1 saturated carbocycles. The van der Waals surface area contributed by atoms with Crippen LogP contribution in [0, 0.1) is 11.8 Å². The van der Waals surface area contributed by atoms with Gasteiger partial charge in [-0.1, -0.05) is 0 Å². The van der Waals surface area contributed by atoms with Crippen LogP contribution in [0.5, 0.6) is 0 Å². The molecule has 2 aliphatic rings. The van der Waals surface area contributed by atoms with Crippen LogP contribution in [0.3, 0.4) is 0 Å². The van der Waals surface area contributed by atoms with Crippen LogP contribution in [-0.4, -0.2) is 29.3 Å². The maximum absolute atomic E-state index is 12.4. The van der Waals surface area contributed by atoms with Gasteiger partial charge in [-0.05, 0) is 36.8 Å². The Morgan fingerprint density at radius 2 is 1.95 bits per heavy atom. The van der Waals surface area contributed by atoms with Crippen LogP contribution >= 0.6 is 0 Å². The van der Waals surface area contributed by atoms with E-state index in [-0.39, 0.29) is 6.04 Å². The molecular formula is C12H15F3N4. The highest BCUT2D eigenvalue weighted by Gasteiger charge is 2.41. The fourth-order valence-corrected chi connectivity index (χ4v) is 3.14. The largest absolute Gasteiger partial charge is 0.435 e. The maximum Gasteiger partial charge on any atom is 0.435 e. The van der Waals surface area contributed by atoms with E-state index in [1.807, 2.05) is 4.90 Å². The molecule has 19 heavy (non-hydrogen) atoms. The van der Waals surface area contributed by atoms with Crippen LogP contribution in [-0.2, 0) is 6.18 Å². The summed E-state index contributed by atoms with van der Waals surface area (Å²) in [6.07, 6.45) is -2.30. The first-order valence-electron chi connectivity index (χ1n) is 6.36. The van der Waals surface area contributed by atoms with E-state index >= 15 is 0 Å². The van der Waals surface area contributed by atoms with Gasteiger partial charge in [-0.3, -0.25) is 0 Å². The second kappa shape index (κ2) is 4.33. The Hall–Kier alpha value is -1.37. The average Bonchev–Trinajstić information content (AvgIpc) is 2.91. The second-order valence-corrected chi connectivity index (χ2v) is 5.34. The van der Waals surface area contributed by atoms with Crippen LogP contribution in [0.15, 0.2) is 12.1 Å². The van der Waals surface area contributed by atoms with E-state index in [1.165, 1.54) is 6.07 Å². The van der Waals surface area contributed by atoms with Gasteiger partial charge in [0.2, 0.25) is 0 Å². The Bertz CT molecular complexity index is 459. The Morgan fingerprint density at radius 3 is 2.53 bits per heavy atom. The highest BCUT2D eigenvalue weighted by molar-refractivity contribution is 5.40. The molecule has 0 aromatic carbocycles. The zero-order valence-corrected chi connectivity index (χ0v) is 10.3. The molecule has 0 radical (unpaired) electrons. The summed E-state index contributed by atoms with van der Waals surface area (Å²) in [6, 6.07) is 2.58. The molecule has 3 atom stereocenters. The predicted octanol–water partition coefficient (Wildman–Crippen LogP) is 1.67. The van der Waals surface area contributed by atoms with Gasteiger partial charge in [0, 0.05) is 19.1 Å². The van der Waals surface area contributed by atoms with Gasteiger partial charge in [0.15, 0.2) is 11.5 Å². The van der Waals surface area contributed by atoms with E-state index < -0.39 is 11.9 Å². The fraction of sp³-hybridized carbons (Fsp3) is 0.667. The minimum absolute atomic E-state index is 0.206. The van der Waals surface area contributed by atoms with Crippen molar-refractivity contribution in [2.24, 2.45) is 17.6 Å². The quantitative estimate of drug-likeness (QED) is 0.845. The number of nitrogens with two attached hydrogens (primary N) is 1. The van der Waals surface area contributed by atoms with Gasteiger partial charge in [-0.15, -0.1) is 10.2 Å². The number of hydrogen-bond acceptors (Lipinski definition) is 4. The molecule has 1 aliphatic carbocycles. The molecule has 1 saturated heterocycles. The smallest absolute Gasteiger partial charge is 0.354 e. The number of halogens is 3. The van der Waals surface area contributed by atoms with Crippen molar-refractivity contribution in [1.82, 2.24) is 10.2 Å². The Labute approximate surface area is 108 Å². The van der Waals surface area contributed by atoms with Crippen molar-refractivity contribution >= 4 is 5.82 Å². The average molecular weight is 272 g/mol. The molecule has 1 aliphatic heterocycles. The van der Waals surface area contributed by atoms with Crippen LogP contribution < -0.4 is 10.6 Å². The molecule has 2 N–H and O–H groups in total. The fourth-order valence-electron chi connectivity index (χ4n) is 3.14. The summed E-state index contributed by atoms with van der Waals surface area (Å²) in [4.78, 5) is 1.99. The summed E-state index contributed by atoms with van der Waals surface area (Å²) >= 11 is 0. The highest BCUT2D eigenvalue weighted by Crippen LogP contribution is 2.38. The Morgan fingerprint density at radius 1 is 1.16 bits per heavy atom. The van der Waals surface area contributed by atoms with E-state index in [0.717, 1.165) is 32.0 Å². The summed E-state index contributed by atoms with van der Waals surface area (Å²) < 4.78 is 37.2. The first-order valence-corrected chi connectivity index (χ1v) is 6.36. The summed E-state index contributed by atoms with van der Waals surface area (Å²) in [5.74, 6) is 1.48. The monoisotopic (exact) mass is 272 g/mol. The lowest BCUT2D eigenvalue weighted by Gasteiger charge is -2.19. The lowest BCUT2D eigenvalue weighted by molar-refractivity contribution is -0.141. The Kier molecular flexibility index (Phi) is 2.88. The number of alkyl halides is 3. The number of nitrogens with zero attached hydrogens (tertiary/aromatic N) is 3. The first-order chi connectivity index (χ1) is 8.95. The highest BCUT2D eigenvalue weighted by atomic mass is 19.4. The SMILES string of the molecule is NC1CCC2CN(c3ccc(C(F)(F)F)nn3)CC12. The van der Waals surface area contributed by atoms with Crippen molar-refractivity contribution in [1.29, 1.82) is 0 Å². The second-order valence-electron chi connectivity index (χ2n) is 5.34. The summed E-state index contributed by atoms with van der Waals surface area (Å²) in [7, 11) is 0. The normalized spacial score (nSPS) is 30.7. The maximum atomic E-state index is 12.4. The van der Waals surface area contributed by atoms with Crippen LogP contribution in [0.2, 0.25) is 0 Å². The number of aromatic nitrogens is 2. The topological polar surface area (TPSA) is 55.0 Å². The van der Waals surface area contributed by atoms with Crippen LogP contribution in [0.25, 0.3) is 0 Å². The number of anilines is 1. The molecular weight excluding hydrogens is 257 g/mol. The van der Waals surface area contributed by atoms with Crippen molar-refractivity contribution < 1.29 is 13.2 Å². The molecule has 1 aromatic rings. The lowest BCUT2D eigenvalue weighted by Crippen LogP contribution is -2.30. The number of fused-ring (bicyclic) bond motifs is 1. The van der Waals surface area contributed by atoms with Gasteiger partial charge in [0.05, 0.1) is 0 Å². The summed E-state index contributed by atoms with van der Waals surface area (Å²) in [5.41, 5.74) is 5.08. The van der Waals surface area contributed by atoms with Gasteiger partial charge in [0.25, 0.3) is 0 Å². The van der Waals surface area contributed by atoms with Gasteiger partial charge < -0.3 is 10.6 Å². The molecule has 0 bridgehead atoms. The molecule has 3 unspecified atom stereocenters. The number of hydrogen-bond donors (Lipinski definition) is 1. The number of rotatable bonds is 1. The van der Waals surface area contributed by atoms with E-state index in [4.69, 9.17) is 5.73 Å². The van der Waals surface area contributed by atoms with Crippen molar-refractivity contribution in [2.45, 2.75) is 25.1 Å². The van der Waals surface area contributed by atoms with Crippen molar-refractivity contribution in [3.63, 3.8) is 0 Å². The predicted molar refractivity (Wildman–Crippen MR) is 63.4 cm³/mol. The lowest BCUT2D eigenvalue weighted by atomic mass is 9.98. The molecule has 3 rings (SSSR count). The minimum atomic E-state index is -4.44. The third kappa shape index (κ3) is 2.27. The molecule has 0 amide bonds.